The van der Waals surface area contributed by atoms with Gasteiger partial charge in [-0.1, -0.05) is 25.4 Å². The summed E-state index contributed by atoms with van der Waals surface area (Å²) in [6.07, 6.45) is 0.258. The van der Waals surface area contributed by atoms with Crippen LogP contribution >= 0.6 is 11.6 Å². The molecule has 134 valence electrons. The predicted octanol–water partition coefficient (Wildman–Crippen LogP) is 4.01. The highest BCUT2D eigenvalue weighted by molar-refractivity contribution is 6.30. The molecular weight excluding hydrogens is 328 g/mol. The van der Waals surface area contributed by atoms with Crippen LogP contribution in [0.3, 0.4) is 0 Å². The Labute approximate surface area is 149 Å². The second-order valence-electron chi connectivity index (χ2n) is 7.19. The standard InChI is InChI=1S/C18H27ClN2O3/c1-12(2)10-15(21-17(23)24-18(3,4)5)11-20-16(22)13-6-8-14(19)9-7-13/h6-9,12,15H,10-11H2,1-5H3,(H,20,22)(H,21,23)/t15-/m0/s1. The van der Waals surface area contributed by atoms with Crippen molar-refractivity contribution in [2.45, 2.75) is 52.7 Å². The van der Waals surface area contributed by atoms with E-state index in [-0.39, 0.29) is 11.9 Å². The first-order valence-electron chi connectivity index (χ1n) is 8.10. The number of carbonyl (C=O) groups is 2. The molecule has 1 rings (SSSR count). The zero-order chi connectivity index (χ0) is 18.3. The van der Waals surface area contributed by atoms with E-state index in [4.69, 9.17) is 16.3 Å². The number of halogens is 1. The number of carbonyl (C=O) groups excluding carboxylic acids is 2. The molecule has 24 heavy (non-hydrogen) atoms. The lowest BCUT2D eigenvalue weighted by molar-refractivity contribution is 0.0496. The molecule has 0 unspecified atom stereocenters. The first-order chi connectivity index (χ1) is 11.1. The van der Waals surface area contributed by atoms with Gasteiger partial charge in [-0.2, -0.15) is 0 Å². The van der Waals surface area contributed by atoms with Crippen LogP contribution in [0.25, 0.3) is 0 Å². The van der Waals surface area contributed by atoms with Crippen molar-refractivity contribution in [2.75, 3.05) is 6.54 Å². The maximum atomic E-state index is 12.2. The van der Waals surface area contributed by atoms with Gasteiger partial charge < -0.3 is 15.4 Å². The second kappa shape index (κ2) is 8.92. The third-order valence-corrected chi connectivity index (χ3v) is 3.34. The Morgan fingerprint density at radius 2 is 1.75 bits per heavy atom. The lowest BCUT2D eigenvalue weighted by Gasteiger charge is -2.25. The predicted molar refractivity (Wildman–Crippen MR) is 96.4 cm³/mol. The SMILES string of the molecule is CC(C)C[C@@H](CNC(=O)c1ccc(Cl)cc1)NC(=O)OC(C)(C)C. The van der Waals surface area contributed by atoms with Gasteiger partial charge in [-0.3, -0.25) is 4.79 Å². The average molecular weight is 355 g/mol. The molecule has 0 fully saturated rings. The molecule has 6 heteroatoms. The van der Waals surface area contributed by atoms with Gasteiger partial charge in [-0.25, -0.2) is 4.79 Å². The van der Waals surface area contributed by atoms with Gasteiger partial charge in [0, 0.05) is 23.2 Å². The number of ether oxygens (including phenoxy) is 1. The molecule has 0 aliphatic rings. The van der Waals surface area contributed by atoms with Crippen LogP contribution in [-0.2, 0) is 4.74 Å². The van der Waals surface area contributed by atoms with Crippen LogP contribution in [0.4, 0.5) is 4.79 Å². The van der Waals surface area contributed by atoms with E-state index in [0.717, 1.165) is 6.42 Å². The van der Waals surface area contributed by atoms with E-state index in [0.29, 0.717) is 23.0 Å². The van der Waals surface area contributed by atoms with Crippen molar-refractivity contribution in [1.29, 1.82) is 0 Å². The molecule has 1 aromatic carbocycles. The Morgan fingerprint density at radius 3 is 2.25 bits per heavy atom. The van der Waals surface area contributed by atoms with Crippen molar-refractivity contribution < 1.29 is 14.3 Å². The van der Waals surface area contributed by atoms with Crippen LogP contribution < -0.4 is 10.6 Å². The van der Waals surface area contributed by atoms with Gasteiger partial charge in [0.2, 0.25) is 0 Å². The molecule has 1 aromatic rings. The maximum Gasteiger partial charge on any atom is 0.407 e. The molecule has 0 radical (unpaired) electrons. The van der Waals surface area contributed by atoms with E-state index in [1.807, 2.05) is 20.8 Å². The van der Waals surface area contributed by atoms with Gasteiger partial charge in [0.1, 0.15) is 5.60 Å². The number of hydrogen-bond acceptors (Lipinski definition) is 3. The summed E-state index contributed by atoms with van der Waals surface area (Å²) >= 11 is 5.82. The summed E-state index contributed by atoms with van der Waals surface area (Å²) in [6, 6.07) is 6.46. The van der Waals surface area contributed by atoms with Crippen LogP contribution in [0.1, 0.15) is 51.4 Å². The number of nitrogens with one attached hydrogen (secondary N) is 2. The third-order valence-electron chi connectivity index (χ3n) is 3.09. The van der Waals surface area contributed by atoms with Crippen LogP contribution in [0.2, 0.25) is 5.02 Å². The minimum Gasteiger partial charge on any atom is -0.444 e. The minimum atomic E-state index is -0.557. The summed E-state index contributed by atoms with van der Waals surface area (Å²) in [7, 11) is 0. The summed E-state index contributed by atoms with van der Waals surface area (Å²) in [5, 5.41) is 6.24. The lowest BCUT2D eigenvalue weighted by atomic mass is 10.0. The number of amides is 2. The van der Waals surface area contributed by atoms with Crippen LogP contribution in [0, 0.1) is 5.92 Å². The molecule has 0 bridgehead atoms. The van der Waals surface area contributed by atoms with Crippen molar-refractivity contribution in [2.24, 2.45) is 5.92 Å². The van der Waals surface area contributed by atoms with Gasteiger partial charge in [0.05, 0.1) is 0 Å². The Kier molecular flexibility index (Phi) is 7.55. The number of hydrogen-bond donors (Lipinski definition) is 2. The largest absolute Gasteiger partial charge is 0.444 e. The number of rotatable bonds is 6. The monoisotopic (exact) mass is 354 g/mol. The van der Waals surface area contributed by atoms with Crippen molar-refractivity contribution in [3.05, 3.63) is 34.9 Å². The maximum absolute atomic E-state index is 12.2. The molecule has 0 aliphatic heterocycles. The zero-order valence-corrected chi connectivity index (χ0v) is 15.7. The van der Waals surface area contributed by atoms with Gasteiger partial charge in [-0.15, -0.1) is 0 Å². The molecule has 2 amide bonds. The quantitative estimate of drug-likeness (QED) is 0.811. The van der Waals surface area contributed by atoms with Crippen LogP contribution in [0.5, 0.6) is 0 Å². The Balaban J connectivity index is 2.60. The van der Waals surface area contributed by atoms with Crippen molar-refractivity contribution in [3.63, 3.8) is 0 Å². The van der Waals surface area contributed by atoms with E-state index in [1.165, 1.54) is 0 Å². The van der Waals surface area contributed by atoms with E-state index in [9.17, 15) is 9.59 Å². The smallest absolute Gasteiger partial charge is 0.407 e. The molecule has 0 aliphatic carbocycles. The molecule has 0 saturated carbocycles. The Hall–Kier alpha value is -1.75. The average Bonchev–Trinajstić information content (AvgIpc) is 2.42. The molecule has 0 spiro atoms. The molecular formula is C18H27ClN2O3. The summed E-state index contributed by atoms with van der Waals surface area (Å²) in [5.41, 5.74) is -0.0288. The first kappa shape index (κ1) is 20.3. The second-order valence-corrected chi connectivity index (χ2v) is 7.63. The van der Waals surface area contributed by atoms with E-state index in [1.54, 1.807) is 24.3 Å². The summed E-state index contributed by atoms with van der Waals surface area (Å²) in [5.74, 6) is 0.170. The van der Waals surface area contributed by atoms with E-state index >= 15 is 0 Å². The van der Waals surface area contributed by atoms with Gasteiger partial charge in [0.15, 0.2) is 0 Å². The topological polar surface area (TPSA) is 67.4 Å². The zero-order valence-electron chi connectivity index (χ0n) is 15.0. The van der Waals surface area contributed by atoms with Crippen molar-refractivity contribution in [1.82, 2.24) is 10.6 Å². The number of benzene rings is 1. The highest BCUT2D eigenvalue weighted by atomic mass is 35.5. The molecule has 5 nitrogen and oxygen atoms in total. The van der Waals surface area contributed by atoms with Crippen molar-refractivity contribution >= 4 is 23.6 Å². The van der Waals surface area contributed by atoms with Gasteiger partial charge in [-0.05, 0) is 57.4 Å². The number of alkyl carbamates (subject to hydrolysis) is 1. The Morgan fingerprint density at radius 1 is 1.17 bits per heavy atom. The highest BCUT2D eigenvalue weighted by Gasteiger charge is 2.20. The van der Waals surface area contributed by atoms with E-state index < -0.39 is 11.7 Å². The minimum absolute atomic E-state index is 0.198. The highest BCUT2D eigenvalue weighted by Crippen LogP contribution is 2.11. The molecule has 0 saturated heterocycles. The van der Waals surface area contributed by atoms with E-state index in [2.05, 4.69) is 24.5 Å². The molecule has 0 aromatic heterocycles. The third kappa shape index (κ3) is 8.20. The van der Waals surface area contributed by atoms with Crippen LogP contribution in [0.15, 0.2) is 24.3 Å². The summed E-state index contributed by atoms with van der Waals surface area (Å²) < 4.78 is 5.28. The van der Waals surface area contributed by atoms with Crippen molar-refractivity contribution in [3.8, 4) is 0 Å². The Bertz CT molecular complexity index is 550. The molecule has 0 heterocycles. The van der Waals surface area contributed by atoms with Gasteiger partial charge >= 0.3 is 6.09 Å². The fourth-order valence-electron chi connectivity index (χ4n) is 2.16. The molecule has 2 N–H and O–H groups in total. The molecule has 1 atom stereocenters. The summed E-state index contributed by atoms with van der Waals surface area (Å²) in [4.78, 5) is 24.1. The first-order valence-corrected chi connectivity index (χ1v) is 8.48. The fourth-order valence-corrected chi connectivity index (χ4v) is 2.28. The lowest BCUT2D eigenvalue weighted by Crippen LogP contribution is -2.46. The summed E-state index contributed by atoms with van der Waals surface area (Å²) in [6.45, 7) is 9.89. The van der Waals surface area contributed by atoms with Gasteiger partial charge in [0.25, 0.3) is 5.91 Å². The normalized spacial score (nSPS) is 12.6. The van der Waals surface area contributed by atoms with Crippen LogP contribution in [-0.4, -0.2) is 30.2 Å². The fraction of sp³-hybridized carbons (Fsp3) is 0.556.